The summed E-state index contributed by atoms with van der Waals surface area (Å²) in [6.07, 6.45) is 1.89. The molecule has 3 rings (SSSR count). The average Bonchev–Trinajstić information content (AvgIpc) is 3.03. The molecule has 0 aliphatic carbocycles. The smallest absolute Gasteiger partial charge is 0.339 e. The molecule has 0 spiro atoms. The van der Waals surface area contributed by atoms with E-state index in [0.717, 1.165) is 0 Å². The van der Waals surface area contributed by atoms with Crippen molar-refractivity contribution >= 4 is 28.8 Å². The van der Waals surface area contributed by atoms with Gasteiger partial charge in [0.15, 0.2) is 18.1 Å². The molecular weight excluding hydrogens is 298 g/mol. The molecule has 1 aromatic carbocycles. The molecule has 1 unspecified atom stereocenters. The molecule has 3 aromatic rings. The Morgan fingerprint density at radius 3 is 2.87 bits per heavy atom. The minimum Gasteiger partial charge on any atom is -0.449 e. The zero-order chi connectivity index (χ0) is 16.2. The highest BCUT2D eigenvalue weighted by molar-refractivity contribution is 5.97. The van der Waals surface area contributed by atoms with Crippen molar-refractivity contribution in [3.05, 3.63) is 54.6 Å². The molecule has 0 saturated carbocycles. The first-order chi connectivity index (χ1) is 11.1. The van der Waals surface area contributed by atoms with Crippen molar-refractivity contribution in [2.75, 3.05) is 5.32 Å². The number of esters is 1. The summed E-state index contributed by atoms with van der Waals surface area (Å²) in [6, 6.07) is 9.85. The second kappa shape index (κ2) is 6.27. The first-order valence-corrected chi connectivity index (χ1v) is 6.89. The number of carbonyl (C=O) groups is 2. The van der Waals surface area contributed by atoms with Gasteiger partial charge in [0.1, 0.15) is 11.3 Å². The second-order valence-electron chi connectivity index (χ2n) is 4.79. The van der Waals surface area contributed by atoms with E-state index in [1.165, 1.54) is 19.4 Å². The standard InChI is InChI=1S/C16H13N3O4/c1-10(15(20)19-14-4-2-3-7-17-14)23-16(21)11-5-6-12-13(8-11)22-9-18-12/h2-10H,1H3,(H,17,19,20). The van der Waals surface area contributed by atoms with Crippen LogP contribution in [0.4, 0.5) is 5.82 Å². The predicted octanol–water partition coefficient (Wildman–Crippen LogP) is 2.41. The van der Waals surface area contributed by atoms with Crippen LogP contribution in [0.2, 0.25) is 0 Å². The summed E-state index contributed by atoms with van der Waals surface area (Å²) in [5.74, 6) is -0.687. The number of oxazole rings is 1. The van der Waals surface area contributed by atoms with E-state index in [-0.39, 0.29) is 5.56 Å². The van der Waals surface area contributed by atoms with Gasteiger partial charge in [-0.3, -0.25) is 4.79 Å². The third-order valence-corrected chi connectivity index (χ3v) is 3.14. The van der Waals surface area contributed by atoms with Gasteiger partial charge >= 0.3 is 5.97 Å². The van der Waals surface area contributed by atoms with Crippen molar-refractivity contribution in [1.29, 1.82) is 0 Å². The van der Waals surface area contributed by atoms with Crippen LogP contribution in [-0.2, 0) is 9.53 Å². The number of rotatable bonds is 4. The Morgan fingerprint density at radius 2 is 2.09 bits per heavy atom. The van der Waals surface area contributed by atoms with Gasteiger partial charge in [-0.2, -0.15) is 0 Å². The van der Waals surface area contributed by atoms with Gasteiger partial charge in [0, 0.05) is 6.20 Å². The highest BCUT2D eigenvalue weighted by Crippen LogP contribution is 2.15. The van der Waals surface area contributed by atoms with Crippen LogP contribution in [0.15, 0.2) is 53.4 Å². The van der Waals surface area contributed by atoms with Crippen molar-refractivity contribution in [3.63, 3.8) is 0 Å². The lowest BCUT2D eigenvalue weighted by Crippen LogP contribution is -2.30. The maximum Gasteiger partial charge on any atom is 0.339 e. The Balaban J connectivity index is 1.65. The summed E-state index contributed by atoms with van der Waals surface area (Å²) in [4.78, 5) is 32.0. The number of fused-ring (bicyclic) bond motifs is 1. The minimum absolute atomic E-state index is 0.284. The molecule has 23 heavy (non-hydrogen) atoms. The zero-order valence-electron chi connectivity index (χ0n) is 12.2. The topological polar surface area (TPSA) is 94.3 Å². The number of anilines is 1. The van der Waals surface area contributed by atoms with E-state index in [9.17, 15) is 9.59 Å². The van der Waals surface area contributed by atoms with E-state index in [1.807, 2.05) is 0 Å². The van der Waals surface area contributed by atoms with E-state index < -0.39 is 18.0 Å². The van der Waals surface area contributed by atoms with Crippen molar-refractivity contribution in [1.82, 2.24) is 9.97 Å². The Morgan fingerprint density at radius 1 is 1.22 bits per heavy atom. The number of amides is 1. The van der Waals surface area contributed by atoms with E-state index in [4.69, 9.17) is 9.15 Å². The molecule has 0 radical (unpaired) electrons. The molecule has 116 valence electrons. The summed E-state index contributed by atoms with van der Waals surface area (Å²) in [7, 11) is 0. The molecule has 0 bridgehead atoms. The molecule has 0 fully saturated rings. The van der Waals surface area contributed by atoms with Gasteiger partial charge in [0.25, 0.3) is 5.91 Å². The number of pyridine rings is 1. The SMILES string of the molecule is CC(OC(=O)c1ccc2ncoc2c1)C(=O)Nc1ccccn1. The van der Waals surface area contributed by atoms with Gasteiger partial charge < -0.3 is 14.5 Å². The Hall–Kier alpha value is -3.22. The summed E-state index contributed by atoms with van der Waals surface area (Å²) >= 11 is 0. The van der Waals surface area contributed by atoms with Gasteiger partial charge in [-0.1, -0.05) is 6.07 Å². The number of ether oxygens (including phenoxy) is 1. The monoisotopic (exact) mass is 311 g/mol. The van der Waals surface area contributed by atoms with E-state index in [2.05, 4.69) is 15.3 Å². The number of carbonyl (C=O) groups excluding carboxylic acids is 2. The fraction of sp³-hybridized carbons (Fsp3) is 0.125. The van der Waals surface area contributed by atoms with E-state index in [1.54, 1.807) is 36.5 Å². The van der Waals surface area contributed by atoms with Crippen molar-refractivity contribution in [3.8, 4) is 0 Å². The Kier molecular flexibility index (Phi) is 4.01. The van der Waals surface area contributed by atoms with Gasteiger partial charge in [0.05, 0.1) is 5.56 Å². The van der Waals surface area contributed by atoms with Crippen LogP contribution < -0.4 is 5.32 Å². The molecule has 0 saturated heterocycles. The normalized spacial score (nSPS) is 11.9. The number of hydrogen-bond acceptors (Lipinski definition) is 6. The first kappa shape index (κ1) is 14.7. The van der Waals surface area contributed by atoms with Gasteiger partial charge in [-0.05, 0) is 37.3 Å². The maximum atomic E-state index is 12.1. The third kappa shape index (κ3) is 3.34. The number of nitrogens with zero attached hydrogens (tertiary/aromatic N) is 2. The molecule has 1 amide bonds. The van der Waals surface area contributed by atoms with Crippen LogP contribution >= 0.6 is 0 Å². The molecule has 0 aliphatic heterocycles. The molecule has 2 aromatic heterocycles. The summed E-state index contributed by atoms with van der Waals surface area (Å²) in [5.41, 5.74) is 1.40. The lowest BCUT2D eigenvalue weighted by atomic mass is 10.2. The fourth-order valence-electron chi connectivity index (χ4n) is 1.93. The lowest BCUT2D eigenvalue weighted by molar-refractivity contribution is -0.123. The van der Waals surface area contributed by atoms with Crippen LogP contribution in [0, 0.1) is 0 Å². The van der Waals surface area contributed by atoms with Crippen LogP contribution in [0.1, 0.15) is 17.3 Å². The number of aromatic nitrogens is 2. The fourth-order valence-corrected chi connectivity index (χ4v) is 1.93. The third-order valence-electron chi connectivity index (χ3n) is 3.14. The van der Waals surface area contributed by atoms with Gasteiger partial charge in [-0.15, -0.1) is 0 Å². The van der Waals surface area contributed by atoms with E-state index in [0.29, 0.717) is 16.9 Å². The lowest BCUT2D eigenvalue weighted by Gasteiger charge is -2.13. The molecule has 1 N–H and O–H groups in total. The Labute approximate surface area is 131 Å². The number of benzene rings is 1. The predicted molar refractivity (Wildman–Crippen MR) is 81.8 cm³/mol. The van der Waals surface area contributed by atoms with Crippen molar-refractivity contribution < 1.29 is 18.7 Å². The molecule has 7 heteroatoms. The van der Waals surface area contributed by atoms with Crippen molar-refractivity contribution in [2.45, 2.75) is 13.0 Å². The van der Waals surface area contributed by atoms with Crippen LogP contribution in [0.3, 0.4) is 0 Å². The highest BCUT2D eigenvalue weighted by Gasteiger charge is 2.20. The molecule has 1 atom stereocenters. The largest absolute Gasteiger partial charge is 0.449 e. The summed E-state index contributed by atoms with van der Waals surface area (Å²) < 4.78 is 10.3. The van der Waals surface area contributed by atoms with Gasteiger partial charge in [-0.25, -0.2) is 14.8 Å². The average molecular weight is 311 g/mol. The quantitative estimate of drug-likeness (QED) is 0.744. The molecular formula is C16H13N3O4. The maximum absolute atomic E-state index is 12.1. The summed E-state index contributed by atoms with van der Waals surface area (Å²) in [5, 5.41) is 2.57. The van der Waals surface area contributed by atoms with Crippen LogP contribution in [-0.4, -0.2) is 27.9 Å². The van der Waals surface area contributed by atoms with Gasteiger partial charge in [0.2, 0.25) is 0 Å². The highest BCUT2D eigenvalue weighted by atomic mass is 16.5. The van der Waals surface area contributed by atoms with Crippen LogP contribution in [0.25, 0.3) is 11.1 Å². The molecule has 0 aliphatic rings. The molecule has 2 heterocycles. The van der Waals surface area contributed by atoms with E-state index >= 15 is 0 Å². The minimum atomic E-state index is -0.963. The zero-order valence-corrected chi connectivity index (χ0v) is 12.2. The van der Waals surface area contributed by atoms with Crippen molar-refractivity contribution in [2.24, 2.45) is 0 Å². The number of hydrogen-bond donors (Lipinski definition) is 1. The first-order valence-electron chi connectivity index (χ1n) is 6.89. The Bertz CT molecular complexity index is 845. The summed E-state index contributed by atoms with van der Waals surface area (Å²) in [6.45, 7) is 1.49. The second-order valence-corrected chi connectivity index (χ2v) is 4.79. The molecule has 7 nitrogen and oxygen atoms in total. The number of nitrogens with one attached hydrogen (secondary N) is 1. The van der Waals surface area contributed by atoms with Crippen LogP contribution in [0.5, 0.6) is 0 Å².